The molecular weight excluding hydrogens is 326 g/mol. The third-order valence-electron chi connectivity index (χ3n) is 5.52. The van der Waals surface area contributed by atoms with Crippen molar-refractivity contribution < 1.29 is 0 Å². The van der Waals surface area contributed by atoms with Crippen molar-refractivity contribution in [1.29, 1.82) is 0 Å². The summed E-state index contributed by atoms with van der Waals surface area (Å²) in [5.41, 5.74) is 3.80. The van der Waals surface area contributed by atoms with E-state index < -0.39 is 0 Å². The van der Waals surface area contributed by atoms with Crippen molar-refractivity contribution in [1.82, 2.24) is 0 Å². The molecule has 0 saturated heterocycles. The summed E-state index contributed by atoms with van der Waals surface area (Å²) in [5.74, 6) is 0. The summed E-state index contributed by atoms with van der Waals surface area (Å²) in [6, 6.07) is 28.6. The minimum Gasteiger partial charge on any atom is -0.355 e. The Bertz CT molecular complexity index is 1240. The van der Waals surface area contributed by atoms with Crippen LogP contribution in [0.4, 0.5) is 11.4 Å². The highest BCUT2D eigenvalue weighted by Crippen LogP contribution is 2.40. The number of nitrogens with one attached hydrogen (secondary N) is 1. The highest BCUT2D eigenvalue weighted by molar-refractivity contribution is 6.25. The van der Waals surface area contributed by atoms with Gasteiger partial charge in [0.15, 0.2) is 0 Å². The van der Waals surface area contributed by atoms with Crippen molar-refractivity contribution in [2.75, 3.05) is 5.32 Å². The Balaban J connectivity index is 1.80. The van der Waals surface area contributed by atoms with Gasteiger partial charge in [0.25, 0.3) is 0 Å². The number of anilines is 2. The molecule has 0 saturated carbocycles. The van der Waals surface area contributed by atoms with E-state index in [1.165, 1.54) is 37.9 Å². The van der Waals surface area contributed by atoms with Gasteiger partial charge in [0.2, 0.25) is 0 Å². The SMILES string of the molecule is CC(C)(C)c1cc2ccc3ccc(Nc4ccccc4)c4ccc(c1)c2c34. The molecule has 1 N–H and O–H groups in total. The van der Waals surface area contributed by atoms with Gasteiger partial charge in [0, 0.05) is 16.8 Å². The third kappa shape index (κ3) is 2.62. The van der Waals surface area contributed by atoms with Gasteiger partial charge < -0.3 is 5.32 Å². The number of benzene rings is 5. The maximum absolute atomic E-state index is 3.59. The van der Waals surface area contributed by atoms with Gasteiger partial charge >= 0.3 is 0 Å². The molecule has 0 spiro atoms. The molecule has 0 fully saturated rings. The molecule has 0 heterocycles. The number of hydrogen-bond donors (Lipinski definition) is 1. The van der Waals surface area contributed by atoms with Crippen LogP contribution in [0.3, 0.4) is 0 Å². The molecule has 132 valence electrons. The molecule has 0 aliphatic rings. The first kappa shape index (κ1) is 16.1. The molecule has 1 nitrogen and oxygen atoms in total. The molecule has 0 unspecified atom stereocenters. The molecule has 27 heavy (non-hydrogen) atoms. The lowest BCUT2D eigenvalue weighted by Gasteiger charge is -2.22. The first-order chi connectivity index (χ1) is 13.0. The van der Waals surface area contributed by atoms with E-state index in [0.717, 1.165) is 11.4 Å². The molecule has 5 aromatic carbocycles. The zero-order valence-corrected chi connectivity index (χ0v) is 16.0. The zero-order valence-electron chi connectivity index (χ0n) is 16.0. The van der Waals surface area contributed by atoms with Gasteiger partial charge in [-0.1, -0.05) is 81.4 Å². The molecule has 5 aromatic rings. The first-order valence-corrected chi connectivity index (χ1v) is 9.55. The van der Waals surface area contributed by atoms with Crippen molar-refractivity contribution in [3.8, 4) is 0 Å². The maximum Gasteiger partial charge on any atom is 0.0464 e. The second-order valence-corrected chi connectivity index (χ2v) is 8.43. The van der Waals surface area contributed by atoms with Gasteiger partial charge in [-0.05, 0) is 56.1 Å². The Morgan fingerprint density at radius 2 is 1.26 bits per heavy atom. The number of hydrogen-bond acceptors (Lipinski definition) is 1. The first-order valence-electron chi connectivity index (χ1n) is 9.55. The third-order valence-corrected chi connectivity index (χ3v) is 5.52. The van der Waals surface area contributed by atoms with Gasteiger partial charge in [-0.25, -0.2) is 0 Å². The highest BCUT2D eigenvalue weighted by atomic mass is 14.9. The van der Waals surface area contributed by atoms with Gasteiger partial charge in [0.05, 0.1) is 0 Å². The van der Waals surface area contributed by atoms with E-state index in [0.29, 0.717) is 0 Å². The van der Waals surface area contributed by atoms with Gasteiger partial charge in [-0.15, -0.1) is 0 Å². The van der Waals surface area contributed by atoms with Crippen LogP contribution in [0.5, 0.6) is 0 Å². The van der Waals surface area contributed by atoms with Gasteiger partial charge in [-0.3, -0.25) is 0 Å². The summed E-state index contributed by atoms with van der Waals surface area (Å²) in [5, 5.41) is 11.5. The summed E-state index contributed by atoms with van der Waals surface area (Å²) in [7, 11) is 0. The lowest BCUT2D eigenvalue weighted by molar-refractivity contribution is 0.591. The van der Waals surface area contributed by atoms with E-state index in [1.807, 2.05) is 6.07 Å². The van der Waals surface area contributed by atoms with Crippen LogP contribution in [0.2, 0.25) is 0 Å². The van der Waals surface area contributed by atoms with Crippen molar-refractivity contribution in [2.24, 2.45) is 0 Å². The maximum atomic E-state index is 3.59. The molecule has 0 amide bonds. The summed E-state index contributed by atoms with van der Waals surface area (Å²) < 4.78 is 0. The topological polar surface area (TPSA) is 12.0 Å². The highest BCUT2D eigenvalue weighted by Gasteiger charge is 2.17. The van der Waals surface area contributed by atoms with E-state index in [-0.39, 0.29) is 5.41 Å². The van der Waals surface area contributed by atoms with Crippen LogP contribution in [0.15, 0.2) is 78.9 Å². The number of para-hydroxylation sites is 1. The van der Waals surface area contributed by atoms with Crippen LogP contribution in [-0.4, -0.2) is 0 Å². The summed E-state index contributed by atoms with van der Waals surface area (Å²) in [4.78, 5) is 0. The van der Waals surface area contributed by atoms with E-state index in [9.17, 15) is 0 Å². The summed E-state index contributed by atoms with van der Waals surface area (Å²) in [6.45, 7) is 6.84. The van der Waals surface area contributed by atoms with Crippen LogP contribution in [0, 0.1) is 0 Å². The second kappa shape index (κ2) is 5.72. The second-order valence-electron chi connectivity index (χ2n) is 8.43. The Labute approximate surface area is 160 Å². The van der Waals surface area contributed by atoms with Crippen molar-refractivity contribution in [2.45, 2.75) is 26.2 Å². The zero-order chi connectivity index (χ0) is 18.6. The van der Waals surface area contributed by atoms with Crippen molar-refractivity contribution >= 4 is 43.7 Å². The van der Waals surface area contributed by atoms with E-state index in [2.05, 4.69) is 98.9 Å². The molecule has 0 atom stereocenters. The standard InChI is InChI=1S/C26H23N/c1-26(2,3)20-15-18-10-9-17-12-14-23(27-21-7-5-4-6-8-21)22-13-11-19(16-20)24(18)25(17)22/h4-16,27H,1-3H3. The van der Waals surface area contributed by atoms with Crippen LogP contribution in [0.1, 0.15) is 26.3 Å². The van der Waals surface area contributed by atoms with Gasteiger partial charge in [0.1, 0.15) is 0 Å². The van der Waals surface area contributed by atoms with Crippen LogP contribution in [0.25, 0.3) is 32.3 Å². The quantitative estimate of drug-likeness (QED) is 0.323. The predicted molar refractivity (Wildman–Crippen MR) is 119 cm³/mol. The Kier molecular flexibility index (Phi) is 3.42. The smallest absolute Gasteiger partial charge is 0.0464 e. The largest absolute Gasteiger partial charge is 0.355 e. The van der Waals surface area contributed by atoms with Crippen molar-refractivity contribution in [3.63, 3.8) is 0 Å². The van der Waals surface area contributed by atoms with Gasteiger partial charge in [-0.2, -0.15) is 0 Å². The lowest BCUT2D eigenvalue weighted by atomic mass is 9.83. The van der Waals surface area contributed by atoms with Crippen LogP contribution in [-0.2, 0) is 5.41 Å². The molecule has 5 rings (SSSR count). The Hall–Kier alpha value is -3.06. The molecule has 0 aromatic heterocycles. The number of rotatable bonds is 2. The average Bonchev–Trinajstić information content (AvgIpc) is 2.67. The minimum absolute atomic E-state index is 0.143. The predicted octanol–water partition coefficient (Wildman–Crippen LogP) is 7.63. The summed E-state index contributed by atoms with van der Waals surface area (Å²) in [6.07, 6.45) is 0. The summed E-state index contributed by atoms with van der Waals surface area (Å²) >= 11 is 0. The van der Waals surface area contributed by atoms with E-state index in [1.54, 1.807) is 0 Å². The van der Waals surface area contributed by atoms with Crippen molar-refractivity contribution in [3.05, 3.63) is 84.4 Å². The van der Waals surface area contributed by atoms with E-state index in [4.69, 9.17) is 0 Å². The van der Waals surface area contributed by atoms with Crippen LogP contribution >= 0.6 is 0 Å². The molecule has 0 aliphatic carbocycles. The molecular formula is C26H23N. The fourth-order valence-electron chi connectivity index (χ4n) is 4.04. The molecule has 0 radical (unpaired) electrons. The Morgan fingerprint density at radius 1 is 0.630 bits per heavy atom. The Morgan fingerprint density at radius 3 is 1.96 bits per heavy atom. The minimum atomic E-state index is 0.143. The molecule has 1 heteroatoms. The molecule has 0 aliphatic heterocycles. The van der Waals surface area contributed by atoms with E-state index >= 15 is 0 Å². The molecule has 0 bridgehead atoms. The fraction of sp³-hybridized carbons (Fsp3) is 0.154. The lowest BCUT2D eigenvalue weighted by Crippen LogP contribution is -2.10. The monoisotopic (exact) mass is 349 g/mol. The normalized spacial score (nSPS) is 12.3. The van der Waals surface area contributed by atoms with Crippen LogP contribution < -0.4 is 5.32 Å². The average molecular weight is 349 g/mol. The fourth-order valence-corrected chi connectivity index (χ4v) is 4.04.